The fourth-order valence-electron chi connectivity index (χ4n) is 2.25. The van der Waals surface area contributed by atoms with Gasteiger partial charge in [-0.2, -0.15) is 0 Å². The third kappa shape index (κ3) is 2.65. The molecular formula is C16H12Cl2FN3. The number of aromatic nitrogens is 2. The van der Waals surface area contributed by atoms with Gasteiger partial charge in [-0.1, -0.05) is 29.3 Å². The summed E-state index contributed by atoms with van der Waals surface area (Å²) in [4.78, 5) is 9.07. The molecule has 0 amide bonds. The summed E-state index contributed by atoms with van der Waals surface area (Å²) in [7, 11) is 0. The minimum atomic E-state index is -0.406. The van der Waals surface area contributed by atoms with Crippen molar-refractivity contribution in [2.75, 3.05) is 0 Å². The molecule has 0 fully saturated rings. The third-order valence-electron chi connectivity index (χ3n) is 3.29. The van der Waals surface area contributed by atoms with Gasteiger partial charge in [0.25, 0.3) is 0 Å². The molecule has 3 aromatic rings. The second-order valence-electron chi connectivity index (χ2n) is 4.98. The number of rotatable bonds is 2. The Kier molecular flexibility index (Phi) is 4.00. The van der Waals surface area contributed by atoms with Gasteiger partial charge in [-0.3, -0.25) is 0 Å². The number of nitrogens with two attached hydrogens (primary N) is 1. The van der Waals surface area contributed by atoms with E-state index in [2.05, 4.69) is 9.97 Å². The SMILES string of the molecule is CC(N)c1nc2cccc(Cl)c2nc1-c1cc(F)ccc1Cl. The molecule has 1 heterocycles. The van der Waals surface area contributed by atoms with Crippen molar-refractivity contribution in [2.24, 2.45) is 5.73 Å². The monoisotopic (exact) mass is 335 g/mol. The smallest absolute Gasteiger partial charge is 0.123 e. The van der Waals surface area contributed by atoms with Crippen LogP contribution >= 0.6 is 23.2 Å². The van der Waals surface area contributed by atoms with Crippen LogP contribution in [-0.4, -0.2) is 9.97 Å². The molecule has 0 aliphatic rings. The van der Waals surface area contributed by atoms with E-state index >= 15 is 0 Å². The van der Waals surface area contributed by atoms with Gasteiger partial charge in [-0.05, 0) is 37.3 Å². The molecule has 0 aliphatic heterocycles. The summed E-state index contributed by atoms with van der Waals surface area (Å²) in [6.45, 7) is 1.79. The van der Waals surface area contributed by atoms with Crippen LogP contribution in [0.1, 0.15) is 18.7 Å². The number of benzene rings is 2. The molecule has 112 valence electrons. The van der Waals surface area contributed by atoms with Crippen LogP contribution in [-0.2, 0) is 0 Å². The first-order valence-electron chi connectivity index (χ1n) is 6.64. The summed E-state index contributed by atoms with van der Waals surface area (Å²) >= 11 is 12.4. The molecule has 3 rings (SSSR count). The van der Waals surface area contributed by atoms with E-state index in [4.69, 9.17) is 28.9 Å². The number of nitrogens with zero attached hydrogens (tertiary/aromatic N) is 2. The van der Waals surface area contributed by atoms with E-state index in [0.29, 0.717) is 38.0 Å². The largest absolute Gasteiger partial charge is 0.323 e. The zero-order valence-electron chi connectivity index (χ0n) is 11.6. The van der Waals surface area contributed by atoms with Crippen molar-refractivity contribution in [1.82, 2.24) is 9.97 Å². The minimum Gasteiger partial charge on any atom is -0.323 e. The Bertz CT molecular complexity index is 865. The molecule has 6 heteroatoms. The lowest BCUT2D eigenvalue weighted by Gasteiger charge is -2.14. The van der Waals surface area contributed by atoms with Gasteiger partial charge in [-0.25, -0.2) is 14.4 Å². The lowest BCUT2D eigenvalue weighted by Crippen LogP contribution is -2.11. The van der Waals surface area contributed by atoms with Gasteiger partial charge in [0.05, 0.1) is 26.9 Å². The number of halogens is 3. The molecule has 0 spiro atoms. The van der Waals surface area contributed by atoms with Crippen molar-refractivity contribution in [2.45, 2.75) is 13.0 Å². The average molecular weight is 336 g/mol. The first kappa shape index (κ1) is 15.2. The standard InChI is InChI=1S/C16H12Cl2FN3/c1-8(20)14-15(10-7-9(19)5-6-11(10)17)22-16-12(18)3-2-4-13(16)21-14/h2-8H,20H2,1H3. The average Bonchev–Trinajstić information content (AvgIpc) is 2.49. The van der Waals surface area contributed by atoms with E-state index in [0.717, 1.165) is 0 Å². The predicted octanol–water partition coefficient (Wildman–Crippen LogP) is 4.76. The van der Waals surface area contributed by atoms with Crippen molar-refractivity contribution in [3.63, 3.8) is 0 Å². The van der Waals surface area contributed by atoms with E-state index in [-0.39, 0.29) is 6.04 Å². The summed E-state index contributed by atoms with van der Waals surface area (Å²) in [5.41, 5.74) is 8.60. The molecular weight excluding hydrogens is 324 g/mol. The molecule has 1 atom stereocenters. The maximum Gasteiger partial charge on any atom is 0.123 e. The molecule has 0 radical (unpaired) electrons. The number of hydrogen-bond donors (Lipinski definition) is 1. The van der Waals surface area contributed by atoms with Crippen LogP contribution in [0.2, 0.25) is 10.0 Å². The van der Waals surface area contributed by atoms with Gasteiger partial charge < -0.3 is 5.73 Å². The summed E-state index contributed by atoms with van der Waals surface area (Å²) in [6.07, 6.45) is 0. The topological polar surface area (TPSA) is 51.8 Å². The van der Waals surface area contributed by atoms with Gasteiger partial charge in [0.1, 0.15) is 11.3 Å². The van der Waals surface area contributed by atoms with Crippen LogP contribution in [0.3, 0.4) is 0 Å². The van der Waals surface area contributed by atoms with Crippen LogP contribution in [0.25, 0.3) is 22.3 Å². The molecule has 1 aromatic heterocycles. The van der Waals surface area contributed by atoms with Crippen molar-refractivity contribution < 1.29 is 4.39 Å². The number of fused-ring (bicyclic) bond motifs is 1. The predicted molar refractivity (Wildman–Crippen MR) is 87.6 cm³/mol. The molecule has 3 nitrogen and oxygen atoms in total. The first-order chi connectivity index (χ1) is 10.5. The molecule has 2 N–H and O–H groups in total. The maximum absolute atomic E-state index is 13.6. The normalized spacial score (nSPS) is 12.6. The van der Waals surface area contributed by atoms with E-state index in [1.807, 2.05) is 0 Å². The third-order valence-corrected chi connectivity index (χ3v) is 3.92. The van der Waals surface area contributed by atoms with E-state index in [9.17, 15) is 4.39 Å². The van der Waals surface area contributed by atoms with Crippen LogP contribution in [0.5, 0.6) is 0 Å². The van der Waals surface area contributed by atoms with E-state index in [1.165, 1.54) is 18.2 Å². The molecule has 0 saturated heterocycles. The quantitative estimate of drug-likeness (QED) is 0.734. The van der Waals surface area contributed by atoms with Gasteiger partial charge in [0.2, 0.25) is 0 Å². The van der Waals surface area contributed by atoms with Crippen molar-refractivity contribution in [1.29, 1.82) is 0 Å². The fourth-order valence-corrected chi connectivity index (χ4v) is 2.67. The maximum atomic E-state index is 13.6. The summed E-state index contributed by atoms with van der Waals surface area (Å²) in [6, 6.07) is 9.03. The van der Waals surface area contributed by atoms with Crippen LogP contribution in [0, 0.1) is 5.82 Å². The minimum absolute atomic E-state index is 0.379. The van der Waals surface area contributed by atoms with Crippen molar-refractivity contribution in [3.8, 4) is 11.3 Å². The summed E-state index contributed by atoms with van der Waals surface area (Å²) in [5, 5.41) is 0.846. The molecule has 22 heavy (non-hydrogen) atoms. The zero-order valence-corrected chi connectivity index (χ0v) is 13.2. The lowest BCUT2D eigenvalue weighted by atomic mass is 10.1. The van der Waals surface area contributed by atoms with Gasteiger partial charge in [-0.15, -0.1) is 0 Å². The van der Waals surface area contributed by atoms with Gasteiger partial charge >= 0.3 is 0 Å². The summed E-state index contributed by atoms with van der Waals surface area (Å²) < 4.78 is 13.6. The zero-order chi connectivity index (χ0) is 15.9. The van der Waals surface area contributed by atoms with Gasteiger partial charge in [0, 0.05) is 11.6 Å². The Morgan fingerprint density at radius 2 is 1.86 bits per heavy atom. The van der Waals surface area contributed by atoms with Crippen molar-refractivity contribution in [3.05, 3.63) is 58.0 Å². The number of para-hydroxylation sites is 1. The Morgan fingerprint density at radius 3 is 2.59 bits per heavy atom. The molecule has 1 unspecified atom stereocenters. The highest BCUT2D eigenvalue weighted by molar-refractivity contribution is 6.35. The molecule has 0 aliphatic carbocycles. The summed E-state index contributed by atoms with van der Waals surface area (Å²) in [5.74, 6) is -0.406. The first-order valence-corrected chi connectivity index (χ1v) is 7.40. The highest BCUT2D eigenvalue weighted by atomic mass is 35.5. The molecule has 0 saturated carbocycles. The highest BCUT2D eigenvalue weighted by Crippen LogP contribution is 2.33. The van der Waals surface area contributed by atoms with Crippen LogP contribution in [0.4, 0.5) is 4.39 Å². The second-order valence-corrected chi connectivity index (χ2v) is 5.79. The van der Waals surface area contributed by atoms with E-state index in [1.54, 1.807) is 25.1 Å². The van der Waals surface area contributed by atoms with Gasteiger partial charge in [0.15, 0.2) is 0 Å². The Hall–Kier alpha value is -1.75. The Balaban J connectivity index is 2.38. The molecule has 2 aromatic carbocycles. The molecule has 0 bridgehead atoms. The Labute approximate surface area is 136 Å². The van der Waals surface area contributed by atoms with Crippen LogP contribution in [0.15, 0.2) is 36.4 Å². The van der Waals surface area contributed by atoms with Crippen LogP contribution < -0.4 is 5.73 Å². The fraction of sp³-hybridized carbons (Fsp3) is 0.125. The highest BCUT2D eigenvalue weighted by Gasteiger charge is 2.18. The van der Waals surface area contributed by atoms with E-state index < -0.39 is 5.82 Å². The van der Waals surface area contributed by atoms with Crippen molar-refractivity contribution >= 4 is 34.2 Å². The second kappa shape index (κ2) is 5.80. The number of hydrogen-bond acceptors (Lipinski definition) is 3. The Morgan fingerprint density at radius 1 is 1.09 bits per heavy atom. The lowest BCUT2D eigenvalue weighted by molar-refractivity contribution is 0.628.